The number of likely N-dealkylation sites (N-methyl/N-ethyl adjacent to an activating group) is 1. The van der Waals surface area contributed by atoms with Crippen LogP contribution in [-0.2, 0) is 19.6 Å². The van der Waals surface area contributed by atoms with Crippen molar-refractivity contribution in [2.45, 2.75) is 68.3 Å². The summed E-state index contributed by atoms with van der Waals surface area (Å²) in [7, 11) is -2.34. The maximum absolute atomic E-state index is 13.7. The molecule has 8 heteroatoms. The van der Waals surface area contributed by atoms with Crippen molar-refractivity contribution in [1.82, 2.24) is 9.62 Å². The topological polar surface area (TPSA) is 110 Å². The molecule has 5 saturated carbocycles. The molecule has 0 radical (unpaired) electrons. The van der Waals surface area contributed by atoms with Crippen LogP contribution in [0.3, 0.4) is 0 Å². The molecule has 2 aromatic rings. The first-order valence-electron chi connectivity index (χ1n) is 13.3. The van der Waals surface area contributed by atoms with E-state index in [2.05, 4.69) is 5.32 Å². The first kappa shape index (κ1) is 24.6. The molecule has 5 aliphatic rings. The Bertz CT molecular complexity index is 1350. The normalized spacial score (nSPS) is 31.3. The number of hydrogen-bond donors (Lipinski definition) is 2. The predicted molar refractivity (Wildman–Crippen MR) is 141 cm³/mol. The largest absolute Gasteiger partial charge is 0.369 e. The maximum Gasteiger partial charge on any atom is 0.243 e. The first-order chi connectivity index (χ1) is 17.6. The second kappa shape index (κ2) is 8.40. The van der Waals surface area contributed by atoms with E-state index < -0.39 is 21.0 Å². The highest BCUT2D eigenvalue weighted by atomic mass is 32.2. The van der Waals surface area contributed by atoms with Crippen molar-refractivity contribution in [3.63, 3.8) is 0 Å². The number of carbonyl (C=O) groups excluding carboxylic acids is 2. The van der Waals surface area contributed by atoms with E-state index in [0.717, 1.165) is 48.8 Å². The number of amides is 2. The molecule has 0 saturated heterocycles. The van der Waals surface area contributed by atoms with Crippen LogP contribution in [0.2, 0.25) is 0 Å². The van der Waals surface area contributed by atoms with E-state index in [1.165, 1.54) is 11.4 Å². The molecule has 2 atom stereocenters. The van der Waals surface area contributed by atoms with Gasteiger partial charge < -0.3 is 11.1 Å². The summed E-state index contributed by atoms with van der Waals surface area (Å²) in [5.74, 6) is 0.553. The second-order valence-electron chi connectivity index (χ2n) is 12.0. The van der Waals surface area contributed by atoms with Crippen LogP contribution in [0.5, 0.6) is 0 Å². The zero-order chi connectivity index (χ0) is 26.2. The third-order valence-electron chi connectivity index (χ3n) is 9.78. The lowest BCUT2D eigenvalue weighted by Gasteiger charge is -2.59. The number of hydrogen-bond acceptors (Lipinski definition) is 4. The second-order valence-corrected chi connectivity index (χ2v) is 13.9. The molecule has 2 amide bonds. The SMILES string of the molecule is Cc1cc(S(=O)(=O)N(C)C2(C(=O)NC3C4CC5CC3CC(C(N)=O)(C5)C4)CC2)ccc1-c1ccccc1. The highest BCUT2D eigenvalue weighted by Gasteiger charge is 2.61. The minimum absolute atomic E-state index is 0.0162. The molecule has 0 heterocycles. The van der Waals surface area contributed by atoms with Crippen LogP contribution < -0.4 is 11.1 Å². The summed E-state index contributed by atoms with van der Waals surface area (Å²) < 4.78 is 28.6. The average Bonchev–Trinajstić information content (AvgIpc) is 3.68. The fraction of sp³-hybridized carbons (Fsp3) is 0.517. The molecule has 7 nitrogen and oxygen atoms in total. The molecular formula is C29H35N3O4S. The van der Waals surface area contributed by atoms with Crippen LogP contribution in [0.4, 0.5) is 0 Å². The van der Waals surface area contributed by atoms with Crippen LogP contribution in [0.1, 0.15) is 50.5 Å². The van der Waals surface area contributed by atoms with Crippen molar-refractivity contribution in [2.24, 2.45) is 28.9 Å². The van der Waals surface area contributed by atoms with Crippen molar-refractivity contribution in [2.75, 3.05) is 7.05 Å². The summed E-state index contributed by atoms with van der Waals surface area (Å²) >= 11 is 0. The van der Waals surface area contributed by atoms with Gasteiger partial charge in [0.2, 0.25) is 21.8 Å². The van der Waals surface area contributed by atoms with Crippen molar-refractivity contribution < 1.29 is 18.0 Å². The smallest absolute Gasteiger partial charge is 0.243 e. The molecule has 0 aliphatic heterocycles. The lowest BCUT2D eigenvalue weighted by atomic mass is 9.47. The van der Waals surface area contributed by atoms with Gasteiger partial charge in [0.25, 0.3) is 0 Å². The van der Waals surface area contributed by atoms with Gasteiger partial charge in [-0.3, -0.25) is 9.59 Å². The molecule has 37 heavy (non-hydrogen) atoms. The van der Waals surface area contributed by atoms with Crippen molar-refractivity contribution >= 4 is 21.8 Å². The molecule has 3 N–H and O–H groups in total. The highest BCUT2D eigenvalue weighted by molar-refractivity contribution is 7.89. The number of carbonyl (C=O) groups is 2. The average molecular weight is 522 g/mol. The van der Waals surface area contributed by atoms with Crippen LogP contribution in [-0.4, -0.2) is 43.2 Å². The van der Waals surface area contributed by atoms with Crippen molar-refractivity contribution in [3.05, 3.63) is 54.1 Å². The Morgan fingerprint density at radius 1 is 1.00 bits per heavy atom. The number of benzene rings is 2. The Hall–Kier alpha value is -2.71. The number of rotatable bonds is 7. The molecule has 196 valence electrons. The summed E-state index contributed by atoms with van der Waals surface area (Å²) in [4.78, 5) is 26.1. The Kier molecular flexibility index (Phi) is 5.59. The zero-order valence-electron chi connectivity index (χ0n) is 21.4. The number of primary amides is 1. The Balaban J connectivity index is 1.21. The fourth-order valence-electron chi connectivity index (χ4n) is 7.78. The molecule has 4 bridgehead atoms. The Morgan fingerprint density at radius 3 is 2.22 bits per heavy atom. The van der Waals surface area contributed by atoms with Gasteiger partial charge in [0.1, 0.15) is 5.54 Å². The van der Waals surface area contributed by atoms with Gasteiger partial charge in [0, 0.05) is 18.5 Å². The quantitative estimate of drug-likeness (QED) is 0.580. The lowest BCUT2D eigenvalue weighted by Crippen LogP contribution is -2.64. The molecule has 7 rings (SSSR count). The van der Waals surface area contributed by atoms with Crippen LogP contribution >= 0.6 is 0 Å². The van der Waals surface area contributed by atoms with Gasteiger partial charge >= 0.3 is 0 Å². The van der Waals surface area contributed by atoms with Gasteiger partial charge in [-0.05, 0) is 98.4 Å². The number of nitrogens with zero attached hydrogens (tertiary/aromatic N) is 1. The third kappa shape index (κ3) is 3.83. The van der Waals surface area contributed by atoms with Crippen molar-refractivity contribution in [3.8, 4) is 11.1 Å². The molecule has 5 aliphatic carbocycles. The summed E-state index contributed by atoms with van der Waals surface area (Å²) in [6.07, 6.45) is 5.36. The van der Waals surface area contributed by atoms with E-state index in [1.54, 1.807) is 12.1 Å². The van der Waals surface area contributed by atoms with Gasteiger partial charge in [-0.25, -0.2) is 8.42 Å². The number of sulfonamides is 1. The van der Waals surface area contributed by atoms with Gasteiger partial charge in [0.05, 0.1) is 4.90 Å². The molecular weight excluding hydrogens is 486 g/mol. The van der Waals surface area contributed by atoms with Crippen LogP contribution in [0.15, 0.2) is 53.4 Å². The van der Waals surface area contributed by atoms with Gasteiger partial charge in [-0.2, -0.15) is 4.31 Å². The third-order valence-corrected chi connectivity index (χ3v) is 11.7. The molecule has 0 aromatic heterocycles. The molecule has 2 unspecified atom stereocenters. The molecule has 0 spiro atoms. The predicted octanol–water partition coefficient (Wildman–Crippen LogP) is 3.61. The van der Waals surface area contributed by atoms with Gasteiger partial charge in [-0.1, -0.05) is 36.4 Å². The van der Waals surface area contributed by atoms with Gasteiger partial charge in [0.15, 0.2) is 0 Å². The van der Waals surface area contributed by atoms with Crippen LogP contribution in [0, 0.1) is 30.1 Å². The summed E-state index contributed by atoms with van der Waals surface area (Å²) in [6.45, 7) is 1.91. The summed E-state index contributed by atoms with van der Waals surface area (Å²) in [5.41, 5.74) is 7.22. The Labute approximate surface area is 218 Å². The van der Waals surface area contributed by atoms with Gasteiger partial charge in [-0.15, -0.1) is 0 Å². The van der Waals surface area contributed by atoms with Crippen LogP contribution in [0.25, 0.3) is 11.1 Å². The Morgan fingerprint density at radius 2 is 1.65 bits per heavy atom. The van der Waals surface area contributed by atoms with E-state index in [9.17, 15) is 18.0 Å². The monoisotopic (exact) mass is 521 g/mol. The minimum atomic E-state index is -3.87. The fourth-order valence-corrected chi connectivity index (χ4v) is 9.38. The summed E-state index contributed by atoms with van der Waals surface area (Å²) in [6, 6.07) is 15.0. The van der Waals surface area contributed by atoms with Crippen molar-refractivity contribution in [1.29, 1.82) is 0 Å². The number of aryl methyl sites for hydroxylation is 1. The first-order valence-corrected chi connectivity index (χ1v) is 14.8. The maximum atomic E-state index is 13.7. The molecule has 5 fully saturated rings. The van der Waals surface area contributed by atoms with E-state index in [4.69, 9.17) is 5.73 Å². The van der Waals surface area contributed by atoms with E-state index >= 15 is 0 Å². The van der Waals surface area contributed by atoms with E-state index in [0.29, 0.717) is 18.8 Å². The number of nitrogens with one attached hydrogen (secondary N) is 1. The highest BCUT2D eigenvalue weighted by Crippen LogP contribution is 2.60. The lowest BCUT2D eigenvalue weighted by molar-refractivity contribution is -0.148. The van der Waals surface area contributed by atoms with E-state index in [-0.39, 0.29) is 34.6 Å². The van der Waals surface area contributed by atoms with E-state index in [1.807, 2.05) is 43.3 Å². The minimum Gasteiger partial charge on any atom is -0.369 e. The molecule has 2 aromatic carbocycles. The zero-order valence-corrected chi connectivity index (χ0v) is 22.3. The standard InChI is InChI=1S/C29H35N3O4S/c1-18-12-23(8-9-24(18)20-6-4-3-5-7-20)37(35,36)32(2)29(10-11-29)27(34)31-25-21-13-19-14-22(25)17-28(15-19,16-21)26(30)33/h3-9,12,19,21-22,25H,10-11,13-17H2,1-2H3,(H2,30,33)(H,31,34). The number of nitrogens with two attached hydrogens (primary N) is 1. The summed E-state index contributed by atoms with van der Waals surface area (Å²) in [5, 5.41) is 3.27.